The van der Waals surface area contributed by atoms with Gasteiger partial charge in [0.15, 0.2) is 0 Å². The average Bonchev–Trinajstić information content (AvgIpc) is 2.26. The van der Waals surface area contributed by atoms with Gasteiger partial charge in [0.05, 0.1) is 4.92 Å². The molecule has 0 heterocycles. The van der Waals surface area contributed by atoms with Gasteiger partial charge in [0.2, 0.25) is 0 Å². The van der Waals surface area contributed by atoms with E-state index in [2.05, 4.69) is 0 Å². The van der Waals surface area contributed by atoms with Crippen LogP contribution in [-0.2, 0) is 16.1 Å². The average molecular weight is 224 g/mol. The number of benzene rings is 1. The first kappa shape index (κ1) is 12.1. The van der Waals surface area contributed by atoms with Gasteiger partial charge in [-0.25, -0.2) is 0 Å². The van der Waals surface area contributed by atoms with Crippen molar-refractivity contribution in [2.45, 2.75) is 19.6 Å². The van der Waals surface area contributed by atoms with Crippen LogP contribution < -0.4 is 5.73 Å². The van der Waals surface area contributed by atoms with Crippen molar-refractivity contribution in [3.8, 4) is 0 Å². The van der Waals surface area contributed by atoms with E-state index < -0.39 is 16.9 Å². The monoisotopic (exact) mass is 224 g/mol. The second-order valence-electron chi connectivity index (χ2n) is 3.32. The third-order valence-corrected chi connectivity index (χ3v) is 1.90. The van der Waals surface area contributed by atoms with Gasteiger partial charge in [0.25, 0.3) is 5.69 Å². The van der Waals surface area contributed by atoms with Crippen molar-refractivity contribution >= 4 is 11.7 Å². The molecule has 16 heavy (non-hydrogen) atoms. The van der Waals surface area contributed by atoms with E-state index in [0.29, 0.717) is 5.56 Å². The van der Waals surface area contributed by atoms with E-state index in [4.69, 9.17) is 10.5 Å². The van der Waals surface area contributed by atoms with Gasteiger partial charge >= 0.3 is 5.97 Å². The first-order valence-corrected chi connectivity index (χ1v) is 4.66. The van der Waals surface area contributed by atoms with Crippen LogP contribution in [-0.4, -0.2) is 16.9 Å². The Balaban J connectivity index is 2.56. The van der Waals surface area contributed by atoms with Gasteiger partial charge in [-0.05, 0) is 24.6 Å². The number of hydrogen-bond acceptors (Lipinski definition) is 5. The van der Waals surface area contributed by atoms with E-state index in [0.717, 1.165) is 0 Å². The number of nitro benzene ring substituents is 1. The maximum absolute atomic E-state index is 11.0. The van der Waals surface area contributed by atoms with Crippen LogP contribution >= 0.6 is 0 Å². The molecule has 1 atom stereocenters. The highest BCUT2D eigenvalue weighted by molar-refractivity contribution is 5.74. The molecule has 0 aliphatic heterocycles. The highest BCUT2D eigenvalue weighted by Crippen LogP contribution is 2.12. The number of esters is 1. The molecule has 0 bridgehead atoms. The molecule has 1 aromatic carbocycles. The molecule has 0 saturated carbocycles. The molecule has 0 saturated heterocycles. The molecular formula is C10H12N2O4. The standard InChI is InChI=1S/C10H12N2O4/c1-7(11)10(13)16-6-8-2-4-9(5-3-8)12(14)15/h2-5,7H,6,11H2,1H3/t7-/m0/s1. The number of rotatable bonds is 4. The van der Waals surface area contributed by atoms with Gasteiger partial charge in [-0.2, -0.15) is 0 Å². The lowest BCUT2D eigenvalue weighted by Gasteiger charge is -2.06. The summed E-state index contributed by atoms with van der Waals surface area (Å²) in [6.07, 6.45) is 0. The number of nitrogens with two attached hydrogens (primary N) is 1. The van der Waals surface area contributed by atoms with Crippen molar-refractivity contribution in [1.82, 2.24) is 0 Å². The zero-order valence-corrected chi connectivity index (χ0v) is 8.75. The van der Waals surface area contributed by atoms with Crippen LogP contribution in [0, 0.1) is 10.1 Å². The molecule has 0 spiro atoms. The van der Waals surface area contributed by atoms with E-state index >= 15 is 0 Å². The smallest absolute Gasteiger partial charge is 0.322 e. The summed E-state index contributed by atoms with van der Waals surface area (Å²) in [7, 11) is 0. The maximum Gasteiger partial charge on any atom is 0.322 e. The normalized spacial score (nSPS) is 11.9. The van der Waals surface area contributed by atoms with E-state index in [-0.39, 0.29) is 12.3 Å². The number of hydrogen-bond donors (Lipinski definition) is 1. The Hall–Kier alpha value is -1.95. The molecule has 2 N–H and O–H groups in total. The lowest BCUT2D eigenvalue weighted by atomic mass is 10.2. The van der Waals surface area contributed by atoms with Gasteiger partial charge < -0.3 is 10.5 Å². The zero-order chi connectivity index (χ0) is 12.1. The largest absolute Gasteiger partial charge is 0.460 e. The van der Waals surface area contributed by atoms with Crippen molar-refractivity contribution in [2.24, 2.45) is 5.73 Å². The summed E-state index contributed by atoms with van der Waals surface area (Å²) in [6, 6.07) is 5.11. The predicted molar refractivity (Wildman–Crippen MR) is 56.5 cm³/mol. The molecule has 0 aromatic heterocycles. The molecule has 0 unspecified atom stereocenters. The minimum Gasteiger partial charge on any atom is -0.460 e. The third-order valence-electron chi connectivity index (χ3n) is 1.90. The SMILES string of the molecule is C[C@H](N)C(=O)OCc1ccc([N+](=O)[O-])cc1. The summed E-state index contributed by atoms with van der Waals surface area (Å²) in [6.45, 7) is 1.59. The number of carbonyl (C=O) groups is 1. The van der Waals surface area contributed by atoms with Crippen molar-refractivity contribution < 1.29 is 14.5 Å². The molecule has 0 amide bonds. The van der Waals surface area contributed by atoms with Crippen molar-refractivity contribution in [1.29, 1.82) is 0 Å². The molecule has 0 aliphatic carbocycles. The Kier molecular flexibility index (Phi) is 3.96. The molecule has 1 aromatic rings. The maximum atomic E-state index is 11.0. The van der Waals surface area contributed by atoms with E-state index in [9.17, 15) is 14.9 Å². The van der Waals surface area contributed by atoms with E-state index in [1.165, 1.54) is 31.2 Å². The Morgan fingerprint density at radius 3 is 2.50 bits per heavy atom. The Morgan fingerprint density at radius 2 is 2.06 bits per heavy atom. The lowest BCUT2D eigenvalue weighted by Crippen LogP contribution is -2.28. The molecule has 6 heteroatoms. The summed E-state index contributed by atoms with van der Waals surface area (Å²) >= 11 is 0. The second-order valence-corrected chi connectivity index (χ2v) is 3.32. The topological polar surface area (TPSA) is 95.5 Å². The van der Waals surface area contributed by atoms with Gasteiger partial charge in [-0.1, -0.05) is 0 Å². The Morgan fingerprint density at radius 1 is 1.50 bits per heavy atom. The fraction of sp³-hybridized carbons (Fsp3) is 0.300. The predicted octanol–water partition coefficient (Wildman–Crippen LogP) is 0.985. The van der Waals surface area contributed by atoms with Crippen molar-refractivity contribution in [3.63, 3.8) is 0 Å². The van der Waals surface area contributed by atoms with Crippen LogP contribution in [0.2, 0.25) is 0 Å². The second kappa shape index (κ2) is 5.22. The molecule has 86 valence electrons. The van der Waals surface area contributed by atoms with Crippen molar-refractivity contribution in [3.05, 3.63) is 39.9 Å². The quantitative estimate of drug-likeness (QED) is 0.467. The minimum atomic E-state index is -0.668. The lowest BCUT2D eigenvalue weighted by molar-refractivity contribution is -0.384. The van der Waals surface area contributed by atoms with Crippen LogP contribution in [0.3, 0.4) is 0 Å². The number of carbonyl (C=O) groups excluding carboxylic acids is 1. The number of non-ortho nitro benzene ring substituents is 1. The first-order valence-electron chi connectivity index (χ1n) is 4.66. The molecule has 1 rings (SSSR count). The number of ether oxygens (including phenoxy) is 1. The van der Waals surface area contributed by atoms with Gasteiger partial charge in [0, 0.05) is 12.1 Å². The minimum absolute atomic E-state index is 0.00210. The first-order chi connectivity index (χ1) is 7.50. The summed E-state index contributed by atoms with van der Waals surface area (Å²) < 4.78 is 4.86. The number of nitro groups is 1. The van der Waals surface area contributed by atoms with Gasteiger partial charge in [0.1, 0.15) is 12.6 Å². The Bertz CT molecular complexity index is 386. The van der Waals surface area contributed by atoms with Crippen LogP contribution in [0.4, 0.5) is 5.69 Å². The molecular weight excluding hydrogens is 212 g/mol. The van der Waals surface area contributed by atoms with E-state index in [1.807, 2.05) is 0 Å². The zero-order valence-electron chi connectivity index (χ0n) is 8.75. The van der Waals surface area contributed by atoms with Crippen molar-refractivity contribution in [2.75, 3.05) is 0 Å². The van der Waals surface area contributed by atoms with Crippen LogP contribution in [0.1, 0.15) is 12.5 Å². The van der Waals surface area contributed by atoms with Crippen LogP contribution in [0.15, 0.2) is 24.3 Å². The number of nitrogens with zero attached hydrogens (tertiary/aromatic N) is 1. The highest BCUT2D eigenvalue weighted by atomic mass is 16.6. The van der Waals surface area contributed by atoms with E-state index in [1.54, 1.807) is 0 Å². The Labute approximate surface area is 92.2 Å². The van der Waals surface area contributed by atoms with Gasteiger partial charge in [-0.3, -0.25) is 14.9 Å². The summed E-state index contributed by atoms with van der Waals surface area (Å²) in [5.74, 6) is -0.502. The summed E-state index contributed by atoms with van der Waals surface area (Å²) in [5.41, 5.74) is 5.98. The molecule has 0 fully saturated rings. The fourth-order valence-electron chi connectivity index (χ4n) is 1.000. The molecule has 6 nitrogen and oxygen atoms in total. The fourth-order valence-corrected chi connectivity index (χ4v) is 1.000. The highest BCUT2D eigenvalue weighted by Gasteiger charge is 2.09. The third kappa shape index (κ3) is 3.32. The molecule has 0 aliphatic rings. The summed E-state index contributed by atoms with van der Waals surface area (Å²) in [4.78, 5) is 20.9. The van der Waals surface area contributed by atoms with Gasteiger partial charge in [-0.15, -0.1) is 0 Å². The molecule has 0 radical (unpaired) electrons. The van der Waals surface area contributed by atoms with Crippen LogP contribution in [0.5, 0.6) is 0 Å². The summed E-state index contributed by atoms with van der Waals surface area (Å²) in [5, 5.41) is 10.4. The van der Waals surface area contributed by atoms with Crippen LogP contribution in [0.25, 0.3) is 0 Å².